The van der Waals surface area contributed by atoms with E-state index in [1.54, 1.807) is 6.08 Å². The van der Waals surface area contributed by atoms with Crippen molar-refractivity contribution < 1.29 is 4.79 Å². The fraction of sp³-hybridized carbons (Fsp3) is 0.643. The van der Waals surface area contributed by atoms with Gasteiger partial charge in [-0.2, -0.15) is 0 Å². The molecule has 1 aliphatic carbocycles. The molecule has 0 bridgehead atoms. The standard InChI is InChI=1S/C14H22O/c1-11-7-5-9-14(3,4)13(11)12(2)8-6-10-15/h6,8,10,12H,5,7,9H2,1-4H3. The molecule has 1 atom stereocenters. The Morgan fingerprint density at radius 2 is 2.07 bits per heavy atom. The van der Waals surface area contributed by atoms with Gasteiger partial charge in [0, 0.05) is 0 Å². The molecule has 0 spiro atoms. The van der Waals surface area contributed by atoms with Gasteiger partial charge in [0.05, 0.1) is 0 Å². The fourth-order valence-electron chi connectivity index (χ4n) is 2.96. The lowest BCUT2D eigenvalue weighted by molar-refractivity contribution is -0.104. The van der Waals surface area contributed by atoms with Crippen LogP contribution in [-0.4, -0.2) is 6.29 Å². The van der Waals surface area contributed by atoms with Gasteiger partial charge in [-0.3, -0.25) is 4.79 Å². The number of rotatable bonds is 3. The number of carbonyl (C=O) groups is 1. The maximum atomic E-state index is 10.3. The van der Waals surface area contributed by atoms with Gasteiger partial charge in [0.25, 0.3) is 0 Å². The van der Waals surface area contributed by atoms with E-state index in [0.717, 1.165) is 6.29 Å². The average molecular weight is 206 g/mol. The SMILES string of the molecule is CC1=C(C(C)C=CC=O)C(C)(C)CCC1. The number of carbonyl (C=O) groups excluding carboxylic acids is 1. The Morgan fingerprint density at radius 1 is 1.40 bits per heavy atom. The Balaban J connectivity index is 2.97. The predicted octanol–water partition coefficient (Wildman–Crippen LogP) is 3.90. The van der Waals surface area contributed by atoms with Gasteiger partial charge in [0.1, 0.15) is 6.29 Å². The van der Waals surface area contributed by atoms with Crippen LogP contribution in [0.4, 0.5) is 0 Å². The molecule has 0 amide bonds. The van der Waals surface area contributed by atoms with Crippen molar-refractivity contribution in [1.82, 2.24) is 0 Å². The number of aldehydes is 1. The molecule has 1 rings (SSSR count). The van der Waals surface area contributed by atoms with E-state index in [4.69, 9.17) is 0 Å². The first kappa shape index (κ1) is 12.2. The normalized spacial score (nSPS) is 23.2. The van der Waals surface area contributed by atoms with E-state index < -0.39 is 0 Å². The van der Waals surface area contributed by atoms with Crippen LogP contribution in [0.25, 0.3) is 0 Å². The molecule has 1 nitrogen and oxygen atoms in total. The Kier molecular flexibility index (Phi) is 3.90. The summed E-state index contributed by atoms with van der Waals surface area (Å²) < 4.78 is 0. The molecule has 1 unspecified atom stereocenters. The van der Waals surface area contributed by atoms with Crippen LogP contribution in [0.5, 0.6) is 0 Å². The molecule has 0 aromatic heterocycles. The summed E-state index contributed by atoms with van der Waals surface area (Å²) in [6.07, 6.45) is 8.28. The zero-order valence-corrected chi connectivity index (χ0v) is 10.3. The second kappa shape index (κ2) is 4.78. The summed E-state index contributed by atoms with van der Waals surface area (Å²) in [5, 5.41) is 0. The van der Waals surface area contributed by atoms with Crippen LogP contribution in [0, 0.1) is 11.3 Å². The van der Waals surface area contributed by atoms with Crippen LogP contribution in [0.15, 0.2) is 23.3 Å². The van der Waals surface area contributed by atoms with E-state index in [1.807, 2.05) is 6.08 Å². The molecule has 15 heavy (non-hydrogen) atoms. The van der Waals surface area contributed by atoms with Crippen molar-refractivity contribution in [2.24, 2.45) is 11.3 Å². The highest BCUT2D eigenvalue weighted by Crippen LogP contribution is 2.43. The second-order valence-electron chi connectivity index (χ2n) is 5.24. The highest BCUT2D eigenvalue weighted by Gasteiger charge is 2.30. The van der Waals surface area contributed by atoms with E-state index in [9.17, 15) is 4.79 Å². The van der Waals surface area contributed by atoms with Crippen molar-refractivity contribution in [3.8, 4) is 0 Å². The van der Waals surface area contributed by atoms with E-state index >= 15 is 0 Å². The third-order valence-corrected chi connectivity index (χ3v) is 3.48. The zero-order chi connectivity index (χ0) is 11.5. The molecule has 0 aromatic rings. The molecule has 0 fully saturated rings. The fourth-order valence-corrected chi connectivity index (χ4v) is 2.96. The van der Waals surface area contributed by atoms with E-state index in [-0.39, 0.29) is 0 Å². The summed E-state index contributed by atoms with van der Waals surface area (Å²) in [5.41, 5.74) is 3.36. The van der Waals surface area contributed by atoms with E-state index in [1.165, 1.54) is 30.4 Å². The van der Waals surface area contributed by atoms with Gasteiger partial charge in [-0.15, -0.1) is 0 Å². The summed E-state index contributed by atoms with van der Waals surface area (Å²) >= 11 is 0. The van der Waals surface area contributed by atoms with Crippen LogP contribution in [0.1, 0.15) is 47.0 Å². The van der Waals surface area contributed by atoms with Crippen molar-refractivity contribution in [2.75, 3.05) is 0 Å². The lowest BCUT2D eigenvalue weighted by Crippen LogP contribution is -2.24. The predicted molar refractivity (Wildman–Crippen MR) is 64.7 cm³/mol. The zero-order valence-electron chi connectivity index (χ0n) is 10.3. The monoisotopic (exact) mass is 206 g/mol. The topological polar surface area (TPSA) is 17.1 Å². The Hall–Kier alpha value is -0.850. The van der Waals surface area contributed by atoms with Crippen molar-refractivity contribution in [1.29, 1.82) is 0 Å². The first-order valence-corrected chi connectivity index (χ1v) is 5.81. The van der Waals surface area contributed by atoms with Crippen LogP contribution in [0.2, 0.25) is 0 Å². The third-order valence-electron chi connectivity index (χ3n) is 3.48. The van der Waals surface area contributed by atoms with Crippen molar-refractivity contribution in [2.45, 2.75) is 47.0 Å². The first-order valence-electron chi connectivity index (χ1n) is 5.81. The van der Waals surface area contributed by atoms with Crippen molar-refractivity contribution in [3.63, 3.8) is 0 Å². The van der Waals surface area contributed by atoms with Crippen molar-refractivity contribution >= 4 is 6.29 Å². The summed E-state index contributed by atoms with van der Waals surface area (Å²) in [6, 6.07) is 0. The summed E-state index contributed by atoms with van der Waals surface area (Å²) in [7, 11) is 0. The third kappa shape index (κ3) is 2.80. The molecular weight excluding hydrogens is 184 g/mol. The first-order chi connectivity index (χ1) is 6.99. The number of allylic oxidation sites excluding steroid dienone is 4. The second-order valence-corrected chi connectivity index (χ2v) is 5.24. The van der Waals surface area contributed by atoms with Gasteiger partial charge in [-0.1, -0.05) is 38.0 Å². The van der Waals surface area contributed by atoms with Gasteiger partial charge >= 0.3 is 0 Å². The van der Waals surface area contributed by atoms with Gasteiger partial charge in [0.15, 0.2) is 0 Å². The van der Waals surface area contributed by atoms with E-state index in [2.05, 4.69) is 27.7 Å². The van der Waals surface area contributed by atoms with Gasteiger partial charge in [-0.25, -0.2) is 0 Å². The Morgan fingerprint density at radius 3 is 2.60 bits per heavy atom. The summed E-state index contributed by atoms with van der Waals surface area (Å²) in [6.45, 7) is 9.06. The van der Waals surface area contributed by atoms with Crippen LogP contribution >= 0.6 is 0 Å². The molecule has 0 N–H and O–H groups in total. The Labute approximate surface area is 93.3 Å². The number of hydrogen-bond donors (Lipinski definition) is 0. The number of hydrogen-bond acceptors (Lipinski definition) is 1. The molecular formula is C14H22O. The van der Waals surface area contributed by atoms with Crippen molar-refractivity contribution in [3.05, 3.63) is 23.3 Å². The minimum absolute atomic E-state index is 0.301. The molecule has 84 valence electrons. The lowest BCUT2D eigenvalue weighted by atomic mass is 9.68. The molecule has 1 heteroatoms. The van der Waals surface area contributed by atoms with Crippen LogP contribution < -0.4 is 0 Å². The summed E-state index contributed by atoms with van der Waals surface area (Å²) in [4.78, 5) is 10.3. The van der Waals surface area contributed by atoms with Gasteiger partial charge < -0.3 is 0 Å². The minimum atomic E-state index is 0.301. The lowest BCUT2D eigenvalue weighted by Gasteiger charge is -2.37. The smallest absolute Gasteiger partial charge is 0.142 e. The molecule has 1 aliphatic rings. The molecule has 0 saturated heterocycles. The molecule has 0 aliphatic heterocycles. The molecule has 0 heterocycles. The Bertz CT molecular complexity index is 294. The molecule has 0 aromatic carbocycles. The minimum Gasteiger partial charge on any atom is -0.299 e. The molecule has 0 saturated carbocycles. The van der Waals surface area contributed by atoms with Gasteiger partial charge in [-0.05, 0) is 43.6 Å². The highest BCUT2D eigenvalue weighted by molar-refractivity contribution is 5.64. The largest absolute Gasteiger partial charge is 0.299 e. The maximum Gasteiger partial charge on any atom is 0.142 e. The quantitative estimate of drug-likeness (QED) is 0.389. The summed E-state index contributed by atoms with van der Waals surface area (Å²) in [5.74, 6) is 0.394. The molecule has 0 radical (unpaired) electrons. The average Bonchev–Trinajstić information content (AvgIpc) is 2.13. The highest BCUT2D eigenvalue weighted by atomic mass is 16.1. The maximum absolute atomic E-state index is 10.3. The van der Waals surface area contributed by atoms with E-state index in [0.29, 0.717) is 11.3 Å². The van der Waals surface area contributed by atoms with Crippen LogP contribution in [-0.2, 0) is 4.79 Å². The van der Waals surface area contributed by atoms with Gasteiger partial charge in [0.2, 0.25) is 0 Å². The van der Waals surface area contributed by atoms with Crippen LogP contribution in [0.3, 0.4) is 0 Å².